The van der Waals surface area contributed by atoms with Crippen molar-refractivity contribution in [2.45, 2.75) is 13.0 Å². The Morgan fingerprint density at radius 1 is 1.03 bits per heavy atom. The van der Waals surface area contributed by atoms with E-state index in [1.54, 1.807) is 13.2 Å². The predicted octanol–water partition coefficient (Wildman–Crippen LogP) is 3.93. The maximum Gasteiger partial charge on any atom is 0.213 e. The van der Waals surface area contributed by atoms with Gasteiger partial charge in [0.05, 0.1) is 11.3 Å². The highest BCUT2D eigenvalue weighted by Crippen LogP contribution is 2.27. The van der Waals surface area contributed by atoms with Crippen LogP contribution >= 0.6 is 0 Å². The lowest BCUT2D eigenvalue weighted by molar-refractivity contribution is 0.294. The third-order valence-electron chi connectivity index (χ3n) is 4.42. The molecule has 0 bridgehead atoms. The number of benzene rings is 1. The molecule has 0 radical (unpaired) electrons. The topological polar surface area (TPSA) is 99.1 Å². The molecule has 3 N–H and O–H groups in total. The Morgan fingerprint density at radius 2 is 1.90 bits per heavy atom. The Hall–Kier alpha value is -3.87. The normalized spacial score (nSPS) is 10.7. The van der Waals surface area contributed by atoms with Gasteiger partial charge in [0.1, 0.15) is 18.2 Å². The smallest absolute Gasteiger partial charge is 0.213 e. The Labute approximate surface area is 168 Å². The van der Waals surface area contributed by atoms with Crippen molar-refractivity contribution in [2.75, 3.05) is 18.1 Å². The highest BCUT2D eigenvalue weighted by atomic mass is 16.5. The Balaban J connectivity index is 1.40. The van der Waals surface area contributed by atoms with E-state index in [1.807, 2.05) is 60.7 Å². The summed E-state index contributed by atoms with van der Waals surface area (Å²) in [6.07, 6.45) is 2.38. The number of nitrogens with one attached hydrogen (secondary N) is 1. The van der Waals surface area contributed by atoms with Gasteiger partial charge in [-0.05, 0) is 23.3 Å². The van der Waals surface area contributed by atoms with Crippen LogP contribution in [0.15, 0.2) is 71.4 Å². The number of ether oxygens (including phenoxy) is 1. The van der Waals surface area contributed by atoms with Gasteiger partial charge in [0.15, 0.2) is 5.76 Å². The predicted molar refractivity (Wildman–Crippen MR) is 112 cm³/mol. The molecule has 0 aliphatic rings. The van der Waals surface area contributed by atoms with Gasteiger partial charge in [-0.25, -0.2) is 9.97 Å². The number of hydrogen-bond donors (Lipinski definition) is 2. The minimum Gasteiger partial charge on any atom is -0.473 e. The Kier molecular flexibility index (Phi) is 5.38. The van der Waals surface area contributed by atoms with Gasteiger partial charge in [-0.1, -0.05) is 41.6 Å². The van der Waals surface area contributed by atoms with E-state index in [4.69, 9.17) is 15.0 Å². The maximum atomic E-state index is 6.02. The van der Waals surface area contributed by atoms with E-state index in [0.29, 0.717) is 41.9 Å². The lowest BCUT2D eigenvalue weighted by Crippen LogP contribution is -1.98. The molecule has 1 aromatic carbocycles. The summed E-state index contributed by atoms with van der Waals surface area (Å²) in [6.45, 7) is 0.488. The van der Waals surface area contributed by atoms with Crippen LogP contribution < -0.4 is 15.8 Å². The number of nitrogens with zero attached hydrogens (tertiary/aromatic N) is 3. The summed E-state index contributed by atoms with van der Waals surface area (Å²) < 4.78 is 11.2. The molecular weight excluding hydrogens is 366 g/mol. The standard InChI is InChI=1S/C22H21N5O2/c1-24-20-9-8-18(22(23)26-20)19-12-17(27-29-19)11-16-7-10-21(25-13-16)28-14-15-5-3-2-4-6-15/h2-10,12-13H,11,14H2,1H3,(H3,23,24,26). The van der Waals surface area contributed by atoms with Gasteiger partial charge in [0.25, 0.3) is 0 Å². The molecule has 0 spiro atoms. The van der Waals surface area contributed by atoms with Crippen LogP contribution in [0.25, 0.3) is 11.3 Å². The first-order valence-corrected chi connectivity index (χ1v) is 9.23. The quantitative estimate of drug-likeness (QED) is 0.496. The Morgan fingerprint density at radius 3 is 2.62 bits per heavy atom. The van der Waals surface area contributed by atoms with E-state index in [9.17, 15) is 0 Å². The van der Waals surface area contributed by atoms with E-state index in [2.05, 4.69) is 20.4 Å². The molecule has 29 heavy (non-hydrogen) atoms. The monoisotopic (exact) mass is 387 g/mol. The van der Waals surface area contributed by atoms with E-state index in [0.717, 1.165) is 16.8 Å². The summed E-state index contributed by atoms with van der Waals surface area (Å²) in [5.74, 6) is 2.26. The van der Waals surface area contributed by atoms with Crippen molar-refractivity contribution in [1.82, 2.24) is 15.1 Å². The van der Waals surface area contributed by atoms with Gasteiger partial charge >= 0.3 is 0 Å². The lowest BCUT2D eigenvalue weighted by atomic mass is 10.1. The number of aromatic nitrogens is 3. The number of nitrogens with two attached hydrogens (primary N) is 1. The second-order valence-corrected chi connectivity index (χ2v) is 6.52. The fraction of sp³-hybridized carbons (Fsp3) is 0.136. The zero-order valence-electron chi connectivity index (χ0n) is 16.0. The van der Waals surface area contributed by atoms with Crippen LogP contribution in [0.1, 0.15) is 16.8 Å². The van der Waals surface area contributed by atoms with E-state index in [-0.39, 0.29) is 0 Å². The molecule has 146 valence electrons. The van der Waals surface area contributed by atoms with Gasteiger partial charge in [-0.3, -0.25) is 0 Å². The zero-order valence-corrected chi connectivity index (χ0v) is 16.0. The summed E-state index contributed by atoms with van der Waals surface area (Å²) in [5, 5.41) is 7.09. The minimum atomic E-state index is 0.390. The van der Waals surface area contributed by atoms with Crippen molar-refractivity contribution in [3.63, 3.8) is 0 Å². The molecule has 0 amide bonds. The molecule has 0 fully saturated rings. The maximum absolute atomic E-state index is 6.02. The first kappa shape index (κ1) is 18.5. The summed E-state index contributed by atoms with van der Waals surface area (Å²) in [4.78, 5) is 8.64. The fourth-order valence-corrected chi connectivity index (χ4v) is 2.89. The molecule has 0 unspecified atom stereocenters. The SMILES string of the molecule is CNc1ccc(-c2cc(Cc3ccc(OCc4ccccc4)nc3)no2)c(N)n1. The van der Waals surface area contributed by atoms with Crippen LogP contribution in [0, 0.1) is 0 Å². The number of hydrogen-bond acceptors (Lipinski definition) is 7. The molecule has 0 aliphatic carbocycles. The van der Waals surface area contributed by atoms with Crippen molar-refractivity contribution in [3.8, 4) is 17.2 Å². The van der Waals surface area contributed by atoms with Crippen molar-refractivity contribution < 1.29 is 9.26 Å². The van der Waals surface area contributed by atoms with Crippen LogP contribution in [0.2, 0.25) is 0 Å². The zero-order chi connectivity index (χ0) is 20.1. The second kappa shape index (κ2) is 8.43. The highest BCUT2D eigenvalue weighted by molar-refractivity contribution is 5.71. The molecule has 0 atom stereocenters. The highest BCUT2D eigenvalue weighted by Gasteiger charge is 2.12. The Bertz CT molecular complexity index is 1080. The van der Waals surface area contributed by atoms with Crippen LogP contribution in [0.4, 0.5) is 11.6 Å². The molecule has 4 aromatic rings. The summed E-state index contributed by atoms with van der Waals surface area (Å²) in [7, 11) is 1.79. The number of anilines is 2. The number of rotatable bonds is 7. The van der Waals surface area contributed by atoms with Crippen LogP contribution in [-0.2, 0) is 13.0 Å². The fourth-order valence-electron chi connectivity index (χ4n) is 2.89. The molecule has 3 aromatic heterocycles. The lowest BCUT2D eigenvalue weighted by Gasteiger charge is -2.05. The average molecular weight is 387 g/mol. The van der Waals surface area contributed by atoms with Crippen LogP contribution in [0.5, 0.6) is 5.88 Å². The summed E-state index contributed by atoms with van der Waals surface area (Å²) >= 11 is 0. The van der Waals surface area contributed by atoms with Gasteiger partial charge < -0.3 is 20.3 Å². The summed E-state index contributed by atoms with van der Waals surface area (Å²) in [6, 6.07) is 19.4. The van der Waals surface area contributed by atoms with Gasteiger partial charge in [0, 0.05) is 31.8 Å². The van der Waals surface area contributed by atoms with Crippen molar-refractivity contribution in [1.29, 1.82) is 0 Å². The number of nitrogen functional groups attached to an aromatic ring is 1. The number of pyridine rings is 2. The van der Waals surface area contributed by atoms with Crippen molar-refractivity contribution in [3.05, 3.63) is 83.7 Å². The molecule has 7 nitrogen and oxygen atoms in total. The molecule has 7 heteroatoms. The third-order valence-corrected chi connectivity index (χ3v) is 4.42. The summed E-state index contributed by atoms with van der Waals surface area (Å²) in [5.41, 5.74) is 9.63. The first-order valence-electron chi connectivity index (χ1n) is 9.23. The molecular formula is C22H21N5O2. The molecule has 3 heterocycles. The van der Waals surface area contributed by atoms with Crippen molar-refractivity contribution in [2.24, 2.45) is 0 Å². The second-order valence-electron chi connectivity index (χ2n) is 6.52. The van der Waals surface area contributed by atoms with E-state index >= 15 is 0 Å². The minimum absolute atomic E-state index is 0.390. The van der Waals surface area contributed by atoms with Gasteiger partial charge in [-0.2, -0.15) is 0 Å². The van der Waals surface area contributed by atoms with E-state index in [1.165, 1.54) is 0 Å². The molecule has 4 rings (SSSR count). The van der Waals surface area contributed by atoms with Gasteiger partial charge in [0.2, 0.25) is 5.88 Å². The van der Waals surface area contributed by atoms with Crippen LogP contribution in [0.3, 0.4) is 0 Å². The molecule has 0 aliphatic heterocycles. The average Bonchev–Trinajstić information content (AvgIpc) is 3.22. The molecule has 0 saturated heterocycles. The van der Waals surface area contributed by atoms with Gasteiger partial charge in [-0.15, -0.1) is 0 Å². The van der Waals surface area contributed by atoms with Crippen molar-refractivity contribution >= 4 is 11.6 Å². The molecule has 0 saturated carbocycles. The van der Waals surface area contributed by atoms with E-state index < -0.39 is 0 Å². The first-order chi connectivity index (χ1) is 14.2. The third kappa shape index (κ3) is 4.52. The van der Waals surface area contributed by atoms with Crippen LogP contribution in [-0.4, -0.2) is 22.2 Å². The largest absolute Gasteiger partial charge is 0.473 e.